The number of guanidine groups is 1. The Hall–Kier alpha value is 0.270. The molecule has 7 heteroatoms. The summed E-state index contributed by atoms with van der Waals surface area (Å²) >= 11 is 1.85. The fraction of sp³-hybridized carbons (Fsp3) is 0.938. The first-order valence-corrected chi connectivity index (χ1v) is 9.56. The number of halogens is 1. The van der Waals surface area contributed by atoms with Crippen LogP contribution >= 0.6 is 35.7 Å². The Labute approximate surface area is 163 Å². The van der Waals surface area contributed by atoms with Gasteiger partial charge in [0, 0.05) is 37.5 Å². The Kier molecular flexibility index (Phi) is 12.8. The molecule has 5 nitrogen and oxygen atoms in total. The second kappa shape index (κ2) is 12.6. The van der Waals surface area contributed by atoms with Crippen LogP contribution < -0.4 is 10.6 Å². The molecular weight excluding hydrogens is 423 g/mol. The van der Waals surface area contributed by atoms with Gasteiger partial charge in [-0.1, -0.05) is 6.92 Å². The van der Waals surface area contributed by atoms with Crippen LogP contribution in [0.5, 0.6) is 0 Å². The lowest BCUT2D eigenvalue weighted by Gasteiger charge is -2.29. The summed E-state index contributed by atoms with van der Waals surface area (Å²) in [7, 11) is 0. The molecule has 0 spiro atoms. The lowest BCUT2D eigenvalue weighted by atomic mass is 10.1. The van der Waals surface area contributed by atoms with E-state index in [0.717, 1.165) is 58.4 Å². The van der Waals surface area contributed by atoms with E-state index in [4.69, 9.17) is 9.73 Å². The van der Waals surface area contributed by atoms with Crippen LogP contribution in [-0.2, 0) is 4.74 Å². The molecule has 1 saturated heterocycles. The molecule has 1 fully saturated rings. The van der Waals surface area contributed by atoms with E-state index in [2.05, 4.69) is 49.5 Å². The van der Waals surface area contributed by atoms with Gasteiger partial charge in [-0.05, 0) is 32.9 Å². The van der Waals surface area contributed by atoms with Crippen molar-refractivity contribution in [1.82, 2.24) is 15.5 Å². The zero-order valence-corrected chi connectivity index (χ0v) is 18.5. The van der Waals surface area contributed by atoms with Crippen molar-refractivity contribution in [1.29, 1.82) is 0 Å². The SMILES string of the molecule is CCNC(=NCC(C)(C)SC)NCC(C)CN1CCOCC1.I. The highest BCUT2D eigenvalue weighted by Gasteiger charge is 2.16. The lowest BCUT2D eigenvalue weighted by Crippen LogP contribution is -2.44. The third kappa shape index (κ3) is 10.7. The van der Waals surface area contributed by atoms with Gasteiger partial charge in [0.2, 0.25) is 0 Å². The van der Waals surface area contributed by atoms with Gasteiger partial charge in [-0.25, -0.2) is 0 Å². The van der Waals surface area contributed by atoms with Crippen molar-refractivity contribution < 1.29 is 4.74 Å². The van der Waals surface area contributed by atoms with Crippen LogP contribution in [0.3, 0.4) is 0 Å². The molecule has 1 rings (SSSR count). The van der Waals surface area contributed by atoms with Crippen molar-refractivity contribution in [2.45, 2.75) is 32.4 Å². The number of hydrogen-bond acceptors (Lipinski definition) is 4. The Balaban J connectivity index is 0.00000484. The normalized spacial score (nSPS) is 18.2. The maximum absolute atomic E-state index is 5.40. The summed E-state index contributed by atoms with van der Waals surface area (Å²) in [5.74, 6) is 1.52. The minimum absolute atomic E-state index is 0. The van der Waals surface area contributed by atoms with Gasteiger partial charge in [-0.3, -0.25) is 9.89 Å². The van der Waals surface area contributed by atoms with Crippen molar-refractivity contribution in [2.75, 3.05) is 58.7 Å². The van der Waals surface area contributed by atoms with E-state index < -0.39 is 0 Å². The molecule has 0 aromatic heterocycles. The van der Waals surface area contributed by atoms with E-state index >= 15 is 0 Å². The standard InChI is InChI=1S/C16H34N4OS.HI/c1-6-17-15(19-13-16(3,4)22-5)18-11-14(2)12-20-7-9-21-10-8-20;/h14H,6-13H2,1-5H3,(H2,17,18,19);1H. The lowest BCUT2D eigenvalue weighted by molar-refractivity contribution is 0.0320. The van der Waals surface area contributed by atoms with Crippen molar-refractivity contribution in [3.8, 4) is 0 Å². The zero-order valence-electron chi connectivity index (χ0n) is 15.4. The van der Waals surface area contributed by atoms with E-state index in [1.165, 1.54) is 0 Å². The molecule has 138 valence electrons. The van der Waals surface area contributed by atoms with E-state index in [1.54, 1.807) is 0 Å². The molecular formula is C16H35IN4OS. The average molecular weight is 458 g/mol. The quantitative estimate of drug-likeness (QED) is 0.332. The number of hydrogen-bond donors (Lipinski definition) is 2. The highest BCUT2D eigenvalue weighted by atomic mass is 127. The summed E-state index contributed by atoms with van der Waals surface area (Å²) in [6.07, 6.45) is 2.14. The van der Waals surface area contributed by atoms with Crippen LogP contribution in [0, 0.1) is 5.92 Å². The van der Waals surface area contributed by atoms with Gasteiger partial charge < -0.3 is 15.4 Å². The van der Waals surface area contributed by atoms with E-state index in [-0.39, 0.29) is 28.7 Å². The second-order valence-corrected chi connectivity index (χ2v) is 8.07. The minimum atomic E-state index is 0. The first kappa shape index (κ1) is 23.3. The average Bonchev–Trinajstić information content (AvgIpc) is 2.51. The molecule has 0 radical (unpaired) electrons. The molecule has 0 amide bonds. The third-order valence-electron chi connectivity index (χ3n) is 3.81. The number of nitrogens with one attached hydrogen (secondary N) is 2. The van der Waals surface area contributed by atoms with Crippen LogP contribution in [-0.4, -0.2) is 74.3 Å². The Morgan fingerprint density at radius 3 is 2.52 bits per heavy atom. The van der Waals surface area contributed by atoms with Gasteiger partial charge in [0.1, 0.15) is 0 Å². The molecule has 0 saturated carbocycles. The van der Waals surface area contributed by atoms with Crippen molar-refractivity contribution in [3.05, 3.63) is 0 Å². The fourth-order valence-corrected chi connectivity index (χ4v) is 2.43. The summed E-state index contributed by atoms with van der Waals surface area (Å²) < 4.78 is 5.58. The molecule has 0 aromatic carbocycles. The van der Waals surface area contributed by atoms with Gasteiger partial charge in [0.05, 0.1) is 19.8 Å². The number of aliphatic imine (C=N–C) groups is 1. The molecule has 1 atom stereocenters. The van der Waals surface area contributed by atoms with E-state index in [1.807, 2.05) is 11.8 Å². The van der Waals surface area contributed by atoms with Crippen LogP contribution in [0.2, 0.25) is 0 Å². The summed E-state index contributed by atoms with van der Waals surface area (Å²) in [6, 6.07) is 0. The van der Waals surface area contributed by atoms with Crippen LogP contribution in [0.25, 0.3) is 0 Å². The van der Waals surface area contributed by atoms with Crippen LogP contribution in [0.15, 0.2) is 4.99 Å². The highest BCUT2D eigenvalue weighted by Crippen LogP contribution is 2.20. The summed E-state index contributed by atoms with van der Waals surface area (Å²) in [6.45, 7) is 16.5. The Morgan fingerprint density at radius 2 is 1.96 bits per heavy atom. The maximum Gasteiger partial charge on any atom is 0.191 e. The topological polar surface area (TPSA) is 48.9 Å². The monoisotopic (exact) mass is 458 g/mol. The summed E-state index contributed by atoms with van der Waals surface area (Å²) in [5.41, 5.74) is 0. The van der Waals surface area contributed by atoms with Crippen molar-refractivity contribution >= 4 is 41.7 Å². The van der Waals surface area contributed by atoms with E-state index in [0.29, 0.717) is 5.92 Å². The Bertz CT molecular complexity index is 336. The number of morpholine rings is 1. The van der Waals surface area contributed by atoms with Crippen LogP contribution in [0.4, 0.5) is 0 Å². The van der Waals surface area contributed by atoms with Crippen LogP contribution in [0.1, 0.15) is 27.7 Å². The van der Waals surface area contributed by atoms with E-state index in [9.17, 15) is 0 Å². The smallest absolute Gasteiger partial charge is 0.191 e. The molecule has 0 bridgehead atoms. The predicted molar refractivity (Wildman–Crippen MR) is 113 cm³/mol. The molecule has 23 heavy (non-hydrogen) atoms. The molecule has 0 aromatic rings. The number of ether oxygens (including phenoxy) is 1. The first-order chi connectivity index (χ1) is 10.5. The van der Waals surface area contributed by atoms with Gasteiger partial charge in [0.15, 0.2) is 5.96 Å². The van der Waals surface area contributed by atoms with Gasteiger partial charge in [0.25, 0.3) is 0 Å². The molecule has 1 aliphatic heterocycles. The molecule has 2 N–H and O–H groups in total. The molecule has 1 aliphatic rings. The number of thioether (sulfide) groups is 1. The summed E-state index contributed by atoms with van der Waals surface area (Å²) in [4.78, 5) is 7.20. The van der Waals surface area contributed by atoms with Gasteiger partial charge >= 0.3 is 0 Å². The third-order valence-corrected chi connectivity index (χ3v) is 5.04. The molecule has 0 aliphatic carbocycles. The number of rotatable bonds is 8. The van der Waals surface area contributed by atoms with Gasteiger partial charge in [-0.15, -0.1) is 24.0 Å². The van der Waals surface area contributed by atoms with Crippen molar-refractivity contribution in [2.24, 2.45) is 10.9 Å². The zero-order chi connectivity index (χ0) is 16.4. The highest BCUT2D eigenvalue weighted by molar-refractivity contribution is 14.0. The first-order valence-electron chi connectivity index (χ1n) is 8.34. The predicted octanol–water partition coefficient (Wildman–Crippen LogP) is 2.27. The summed E-state index contributed by atoms with van der Waals surface area (Å²) in [5, 5.41) is 6.81. The number of nitrogens with zero attached hydrogens (tertiary/aromatic N) is 2. The minimum Gasteiger partial charge on any atom is -0.379 e. The Morgan fingerprint density at radius 1 is 1.30 bits per heavy atom. The van der Waals surface area contributed by atoms with Gasteiger partial charge in [-0.2, -0.15) is 11.8 Å². The molecule has 1 unspecified atom stereocenters. The second-order valence-electron chi connectivity index (χ2n) is 6.56. The molecule has 1 heterocycles. The van der Waals surface area contributed by atoms with Crippen molar-refractivity contribution in [3.63, 3.8) is 0 Å². The fourth-order valence-electron chi connectivity index (χ4n) is 2.24. The largest absolute Gasteiger partial charge is 0.379 e. The maximum atomic E-state index is 5.40.